The van der Waals surface area contributed by atoms with Crippen molar-refractivity contribution >= 4 is 29.2 Å². The number of hydrogen-bond acceptors (Lipinski definition) is 5. The zero-order valence-corrected chi connectivity index (χ0v) is 23.3. The molecular formula is C34H32N2O3S. The standard InChI is InChI=1S/C34H32N2O3S/c1-25-12-15-30(36(23-32-11-6-20-40-32)22-27-9-5-10-29(21-27)34(37)38)18-19-35-33(25)28-13-16-31(17-14-28)39-24-26-7-3-2-4-8-26/h2-11,13-14,16-21H,12,15,22-24H2,1H3,(H,37,38)/b30-18+,33-25+,35-19-. The average molecular weight is 549 g/mol. The highest BCUT2D eigenvalue weighted by molar-refractivity contribution is 7.09. The van der Waals surface area contributed by atoms with Crippen LogP contribution in [-0.2, 0) is 19.7 Å². The predicted octanol–water partition coefficient (Wildman–Crippen LogP) is 8.21. The lowest BCUT2D eigenvalue weighted by Crippen LogP contribution is -2.23. The van der Waals surface area contributed by atoms with Crippen LogP contribution < -0.4 is 4.74 Å². The molecule has 0 bridgehead atoms. The Morgan fingerprint density at radius 1 is 0.925 bits per heavy atom. The molecule has 0 radical (unpaired) electrons. The van der Waals surface area contributed by atoms with E-state index in [1.54, 1.807) is 23.5 Å². The lowest BCUT2D eigenvalue weighted by Gasteiger charge is -2.28. The molecule has 5 nitrogen and oxygen atoms in total. The van der Waals surface area contributed by atoms with Gasteiger partial charge in [0.1, 0.15) is 12.4 Å². The molecule has 1 aromatic heterocycles. The summed E-state index contributed by atoms with van der Waals surface area (Å²) in [6, 6.07) is 29.7. The van der Waals surface area contributed by atoms with Crippen molar-refractivity contribution in [1.29, 1.82) is 0 Å². The van der Waals surface area contributed by atoms with Gasteiger partial charge in [-0.3, -0.25) is 4.99 Å². The second-order valence-electron chi connectivity index (χ2n) is 9.80. The SMILES string of the molecule is C\C1=C(c2ccc(OCc3ccccc3)cc2)/N=C\C=C(\N(Cc2cccc(C(=O)O)c2)Cc2cccs2)CC1. The largest absolute Gasteiger partial charge is 0.489 e. The fraction of sp³-hybridized carbons (Fsp3) is 0.176. The van der Waals surface area contributed by atoms with E-state index < -0.39 is 5.97 Å². The van der Waals surface area contributed by atoms with Gasteiger partial charge in [-0.25, -0.2) is 4.79 Å². The molecule has 6 heteroatoms. The number of carbonyl (C=O) groups is 1. The lowest BCUT2D eigenvalue weighted by molar-refractivity contribution is 0.0696. The van der Waals surface area contributed by atoms with Gasteiger partial charge in [-0.15, -0.1) is 11.3 Å². The third kappa shape index (κ3) is 7.16. The fourth-order valence-electron chi connectivity index (χ4n) is 4.73. The molecule has 2 heterocycles. The molecule has 0 amide bonds. The molecule has 0 fully saturated rings. The minimum atomic E-state index is -0.909. The molecule has 0 atom stereocenters. The Labute approximate surface area is 239 Å². The zero-order valence-electron chi connectivity index (χ0n) is 22.5. The molecule has 5 rings (SSSR count). The van der Waals surface area contributed by atoms with E-state index in [4.69, 9.17) is 9.73 Å². The summed E-state index contributed by atoms with van der Waals surface area (Å²) in [5, 5.41) is 11.5. The van der Waals surface area contributed by atoms with Crippen molar-refractivity contribution in [3.05, 3.63) is 141 Å². The molecule has 202 valence electrons. The highest BCUT2D eigenvalue weighted by atomic mass is 32.1. The number of carboxylic acid groups (broad SMARTS) is 1. The summed E-state index contributed by atoms with van der Waals surface area (Å²) in [5.41, 5.74) is 6.88. The van der Waals surface area contributed by atoms with E-state index in [0.717, 1.165) is 47.5 Å². The molecule has 4 aromatic rings. The third-order valence-electron chi connectivity index (χ3n) is 6.89. The van der Waals surface area contributed by atoms with Crippen molar-refractivity contribution in [3.8, 4) is 5.75 Å². The van der Waals surface area contributed by atoms with Gasteiger partial charge in [0.05, 0.1) is 17.8 Å². The molecule has 1 aliphatic heterocycles. The van der Waals surface area contributed by atoms with Gasteiger partial charge in [0, 0.05) is 28.9 Å². The van der Waals surface area contributed by atoms with Gasteiger partial charge in [0.25, 0.3) is 0 Å². The second-order valence-corrected chi connectivity index (χ2v) is 10.8. The minimum Gasteiger partial charge on any atom is -0.489 e. The van der Waals surface area contributed by atoms with E-state index in [0.29, 0.717) is 18.7 Å². The molecule has 1 aliphatic rings. The summed E-state index contributed by atoms with van der Waals surface area (Å²) < 4.78 is 5.96. The number of rotatable bonds is 10. The van der Waals surface area contributed by atoms with Gasteiger partial charge in [-0.1, -0.05) is 48.5 Å². The van der Waals surface area contributed by atoms with Crippen LogP contribution in [-0.4, -0.2) is 22.2 Å². The Morgan fingerprint density at radius 2 is 1.73 bits per heavy atom. The molecule has 40 heavy (non-hydrogen) atoms. The quantitative estimate of drug-likeness (QED) is 0.217. The van der Waals surface area contributed by atoms with Gasteiger partial charge < -0.3 is 14.7 Å². The molecule has 1 N–H and O–H groups in total. The van der Waals surface area contributed by atoms with E-state index in [1.165, 1.54) is 16.1 Å². The molecular weight excluding hydrogens is 516 g/mol. The third-order valence-corrected chi connectivity index (χ3v) is 7.75. The van der Waals surface area contributed by atoms with E-state index in [1.807, 2.05) is 48.7 Å². The maximum atomic E-state index is 11.5. The van der Waals surface area contributed by atoms with Crippen LogP contribution in [0.1, 0.15) is 51.7 Å². The number of nitrogens with zero attached hydrogens (tertiary/aromatic N) is 2. The Bertz CT molecular complexity index is 1520. The minimum absolute atomic E-state index is 0.307. The van der Waals surface area contributed by atoms with Crippen molar-refractivity contribution < 1.29 is 14.6 Å². The van der Waals surface area contributed by atoms with Crippen LogP contribution in [0, 0.1) is 0 Å². The summed E-state index contributed by atoms with van der Waals surface area (Å²) in [4.78, 5) is 20.0. The first-order valence-corrected chi connectivity index (χ1v) is 14.2. The first kappa shape index (κ1) is 27.2. The van der Waals surface area contributed by atoms with Crippen LogP contribution in [0.15, 0.2) is 119 Å². The molecule has 0 aliphatic carbocycles. The molecule has 0 spiro atoms. The van der Waals surface area contributed by atoms with Gasteiger partial charge in [-0.05, 0) is 90.4 Å². The maximum absolute atomic E-state index is 11.5. The van der Waals surface area contributed by atoms with E-state index in [-0.39, 0.29) is 0 Å². The zero-order chi connectivity index (χ0) is 27.7. The van der Waals surface area contributed by atoms with Crippen molar-refractivity contribution in [3.63, 3.8) is 0 Å². The number of thiophene rings is 1. The van der Waals surface area contributed by atoms with E-state index in [2.05, 4.69) is 59.7 Å². The normalized spacial score (nSPS) is 17.3. The van der Waals surface area contributed by atoms with Crippen LogP contribution in [0.2, 0.25) is 0 Å². The maximum Gasteiger partial charge on any atom is 0.335 e. The van der Waals surface area contributed by atoms with Gasteiger partial charge in [0.15, 0.2) is 0 Å². The number of ether oxygens (including phenoxy) is 1. The number of aliphatic imine (C=N–C) groups is 1. The fourth-order valence-corrected chi connectivity index (χ4v) is 5.45. The number of allylic oxidation sites excluding steroid dienone is 3. The Hall–Kier alpha value is -4.42. The van der Waals surface area contributed by atoms with Crippen LogP contribution in [0.5, 0.6) is 5.75 Å². The highest BCUT2D eigenvalue weighted by Crippen LogP contribution is 2.30. The smallest absolute Gasteiger partial charge is 0.335 e. The number of aromatic carboxylic acids is 1. The summed E-state index contributed by atoms with van der Waals surface area (Å²) in [6.45, 7) is 4.07. The van der Waals surface area contributed by atoms with E-state index >= 15 is 0 Å². The number of carboxylic acids is 1. The monoisotopic (exact) mass is 548 g/mol. The van der Waals surface area contributed by atoms with Gasteiger partial charge >= 0.3 is 5.97 Å². The van der Waals surface area contributed by atoms with Crippen molar-refractivity contribution in [2.75, 3.05) is 0 Å². The molecule has 0 unspecified atom stereocenters. The summed E-state index contributed by atoms with van der Waals surface area (Å²) >= 11 is 1.73. The van der Waals surface area contributed by atoms with Crippen molar-refractivity contribution in [2.24, 2.45) is 4.99 Å². The summed E-state index contributed by atoms with van der Waals surface area (Å²) in [6.07, 6.45) is 5.73. The molecule has 0 saturated carbocycles. The van der Waals surface area contributed by atoms with Crippen LogP contribution in [0.3, 0.4) is 0 Å². The Balaban J connectivity index is 1.32. The van der Waals surface area contributed by atoms with Crippen LogP contribution in [0.4, 0.5) is 0 Å². The van der Waals surface area contributed by atoms with Gasteiger partial charge in [0.2, 0.25) is 0 Å². The predicted molar refractivity (Wildman–Crippen MR) is 163 cm³/mol. The molecule has 0 saturated heterocycles. The number of hydrogen-bond donors (Lipinski definition) is 1. The van der Waals surface area contributed by atoms with Crippen molar-refractivity contribution in [1.82, 2.24) is 4.90 Å². The summed E-state index contributed by atoms with van der Waals surface area (Å²) in [5.74, 6) is -0.0768. The Morgan fingerprint density at radius 3 is 2.48 bits per heavy atom. The highest BCUT2D eigenvalue weighted by Gasteiger charge is 2.16. The van der Waals surface area contributed by atoms with Gasteiger partial charge in [-0.2, -0.15) is 0 Å². The summed E-state index contributed by atoms with van der Waals surface area (Å²) in [7, 11) is 0. The van der Waals surface area contributed by atoms with E-state index in [9.17, 15) is 9.90 Å². The van der Waals surface area contributed by atoms with Crippen LogP contribution in [0.25, 0.3) is 5.70 Å². The molecule has 3 aromatic carbocycles. The second kappa shape index (κ2) is 13.1. The number of benzene rings is 3. The van der Waals surface area contributed by atoms with Crippen LogP contribution >= 0.6 is 11.3 Å². The lowest BCUT2D eigenvalue weighted by atomic mass is 10.0. The van der Waals surface area contributed by atoms with Crippen molar-refractivity contribution in [2.45, 2.75) is 39.5 Å². The average Bonchev–Trinajstić information content (AvgIpc) is 3.48. The first-order valence-electron chi connectivity index (χ1n) is 13.3. The Kier molecular flexibility index (Phi) is 8.89. The first-order chi connectivity index (χ1) is 19.5. The topological polar surface area (TPSA) is 62.1 Å².